The van der Waals surface area contributed by atoms with E-state index < -0.39 is 0 Å². The lowest BCUT2D eigenvalue weighted by molar-refractivity contribution is 0.253. The third kappa shape index (κ3) is 4.98. The molecule has 1 fully saturated rings. The second kappa shape index (κ2) is 9.90. The van der Waals surface area contributed by atoms with E-state index in [9.17, 15) is 0 Å². The van der Waals surface area contributed by atoms with Gasteiger partial charge in [0.2, 0.25) is 5.95 Å². The van der Waals surface area contributed by atoms with E-state index in [2.05, 4.69) is 79.6 Å². The van der Waals surface area contributed by atoms with Crippen LogP contribution < -0.4 is 10.6 Å². The van der Waals surface area contributed by atoms with Crippen LogP contribution in [0.3, 0.4) is 0 Å². The first-order chi connectivity index (χ1) is 15.1. The molecule has 2 aromatic carbocycles. The molecule has 2 N–H and O–H groups in total. The van der Waals surface area contributed by atoms with Gasteiger partial charge in [-0.05, 0) is 54.9 Å². The fourth-order valence-corrected chi connectivity index (χ4v) is 5.18. The van der Waals surface area contributed by atoms with E-state index in [1.807, 2.05) is 7.05 Å². The highest BCUT2D eigenvalue weighted by Gasteiger charge is 2.27. The molecular weight excluding hydrogens is 400 g/mol. The lowest BCUT2D eigenvalue weighted by Crippen LogP contribution is -2.34. The number of anilines is 2. The fraction of sp³-hybridized carbons (Fsp3) is 0.462. The summed E-state index contributed by atoms with van der Waals surface area (Å²) in [5.41, 5.74) is 4.59. The molecule has 4 nitrogen and oxygen atoms in total. The Kier molecular flexibility index (Phi) is 7.01. The Morgan fingerprint density at radius 2 is 1.71 bits per heavy atom. The van der Waals surface area contributed by atoms with E-state index in [1.54, 1.807) is 0 Å². The smallest absolute Gasteiger partial charge is 0.225 e. The van der Waals surface area contributed by atoms with Gasteiger partial charge in [-0.2, -0.15) is 17.6 Å². The number of rotatable bonds is 7. The van der Waals surface area contributed by atoms with Gasteiger partial charge >= 0.3 is 0 Å². The van der Waals surface area contributed by atoms with Gasteiger partial charge in [0.25, 0.3) is 0 Å². The molecule has 1 unspecified atom stereocenters. The van der Waals surface area contributed by atoms with Gasteiger partial charge in [-0.15, -0.1) is 0 Å². The van der Waals surface area contributed by atoms with Gasteiger partial charge < -0.3 is 10.6 Å². The number of hydrogen-bond donors (Lipinski definition) is 3. The molecule has 31 heavy (non-hydrogen) atoms. The summed E-state index contributed by atoms with van der Waals surface area (Å²) in [5, 5.41) is 7.92. The van der Waals surface area contributed by atoms with Crippen molar-refractivity contribution < 1.29 is 0 Å². The van der Waals surface area contributed by atoms with E-state index in [4.69, 9.17) is 9.97 Å². The summed E-state index contributed by atoms with van der Waals surface area (Å²) in [4.78, 5) is 9.66. The number of aryl methyl sites for hydroxylation is 1. The van der Waals surface area contributed by atoms with Gasteiger partial charge in [0.15, 0.2) is 0 Å². The zero-order chi connectivity index (χ0) is 21.8. The number of fused-ring (bicyclic) bond motifs is 1. The number of nitrogens with one attached hydrogen (secondary N) is 2. The first-order valence-electron chi connectivity index (χ1n) is 11.5. The van der Waals surface area contributed by atoms with Crippen molar-refractivity contribution in [3.05, 3.63) is 48.0 Å². The molecule has 1 aromatic heterocycles. The van der Waals surface area contributed by atoms with E-state index >= 15 is 0 Å². The summed E-state index contributed by atoms with van der Waals surface area (Å²) >= 11 is 4.65. The predicted molar refractivity (Wildman–Crippen MR) is 136 cm³/mol. The van der Waals surface area contributed by atoms with Gasteiger partial charge in [-0.3, -0.25) is 0 Å². The fourth-order valence-electron chi connectivity index (χ4n) is 4.79. The minimum Gasteiger partial charge on any atom is -0.372 e. The van der Waals surface area contributed by atoms with E-state index in [-0.39, 0.29) is 0 Å². The van der Waals surface area contributed by atoms with Crippen LogP contribution in [0.5, 0.6) is 0 Å². The van der Waals surface area contributed by atoms with Crippen LogP contribution in [0.15, 0.2) is 42.5 Å². The van der Waals surface area contributed by atoms with Gasteiger partial charge in [0, 0.05) is 24.2 Å². The summed E-state index contributed by atoms with van der Waals surface area (Å²) in [6.07, 6.45) is 6.49. The highest BCUT2D eigenvalue weighted by Crippen LogP contribution is 2.34. The largest absolute Gasteiger partial charge is 0.372 e. The van der Waals surface area contributed by atoms with Crippen molar-refractivity contribution in [1.29, 1.82) is 0 Å². The van der Waals surface area contributed by atoms with Gasteiger partial charge in [0.1, 0.15) is 5.82 Å². The molecule has 0 aliphatic heterocycles. The molecular formula is C26H34N4S. The third-order valence-electron chi connectivity index (χ3n) is 6.87. The van der Waals surface area contributed by atoms with Crippen molar-refractivity contribution >= 4 is 35.3 Å². The number of thiol groups is 1. The summed E-state index contributed by atoms with van der Waals surface area (Å²) in [6, 6.07) is 15.3. The molecule has 164 valence electrons. The minimum atomic E-state index is 0.301. The number of benzene rings is 2. The lowest BCUT2D eigenvalue weighted by atomic mass is 9.78. The predicted octanol–water partition coefficient (Wildman–Crippen LogP) is 6.57. The molecule has 1 heterocycles. The molecule has 0 radical (unpaired) electrons. The van der Waals surface area contributed by atoms with Crippen molar-refractivity contribution in [2.75, 3.05) is 23.4 Å². The second-order valence-electron chi connectivity index (χ2n) is 8.87. The maximum absolute atomic E-state index is 4.85. The summed E-state index contributed by atoms with van der Waals surface area (Å²) < 4.78 is 0. The SMILES string of the molecule is CC[C@H]1CC[C@H](C(CS)Nc2nc(NC)c3cc(-c4ccc(C)cc4)ccc3n2)CC1. The number of aromatic nitrogens is 2. The maximum atomic E-state index is 4.85. The van der Waals surface area contributed by atoms with Crippen molar-refractivity contribution in [3.8, 4) is 11.1 Å². The number of hydrogen-bond acceptors (Lipinski definition) is 5. The normalized spacial score (nSPS) is 19.9. The molecule has 5 heteroatoms. The standard InChI is InChI=1S/C26H34N4S/c1-4-18-7-11-20(12-8-18)24(16-31)29-26-28-23-14-13-21(15-22(23)25(27-3)30-26)19-9-5-17(2)6-10-19/h5-6,9-10,13-15,18,20,24,31H,4,7-8,11-12,16H2,1-3H3,(H2,27,28,29,30)/t18-,20-,24?. The number of nitrogens with zero attached hydrogens (tertiary/aromatic N) is 2. The average molecular weight is 435 g/mol. The van der Waals surface area contributed by atoms with Gasteiger partial charge in [-0.1, -0.05) is 62.1 Å². The topological polar surface area (TPSA) is 49.8 Å². The highest BCUT2D eigenvalue weighted by atomic mass is 32.1. The van der Waals surface area contributed by atoms with E-state index in [1.165, 1.54) is 48.8 Å². The molecule has 0 amide bonds. The molecule has 1 aliphatic rings. The van der Waals surface area contributed by atoms with Gasteiger partial charge in [-0.25, -0.2) is 4.98 Å². The summed E-state index contributed by atoms with van der Waals surface area (Å²) in [6.45, 7) is 4.42. The lowest BCUT2D eigenvalue weighted by Gasteiger charge is -2.33. The van der Waals surface area contributed by atoms with Crippen molar-refractivity contribution in [3.63, 3.8) is 0 Å². The van der Waals surface area contributed by atoms with Crippen LogP contribution in [0.4, 0.5) is 11.8 Å². The molecule has 4 rings (SSSR count). The second-order valence-corrected chi connectivity index (χ2v) is 9.23. The van der Waals surface area contributed by atoms with Crippen LogP contribution in [0.1, 0.15) is 44.6 Å². The molecule has 0 spiro atoms. The Bertz CT molecular complexity index is 1010. The molecule has 3 aromatic rings. The van der Waals surface area contributed by atoms with E-state index in [0.29, 0.717) is 17.9 Å². The van der Waals surface area contributed by atoms with Crippen LogP contribution in [-0.4, -0.2) is 28.8 Å². The summed E-state index contributed by atoms with van der Waals surface area (Å²) in [5.74, 6) is 3.88. The first kappa shape index (κ1) is 21.9. The quantitative estimate of drug-likeness (QED) is 0.368. The Morgan fingerprint density at radius 3 is 2.35 bits per heavy atom. The van der Waals surface area contributed by atoms with Gasteiger partial charge in [0.05, 0.1) is 5.52 Å². The first-order valence-corrected chi connectivity index (χ1v) is 12.2. The zero-order valence-corrected chi connectivity index (χ0v) is 19.8. The molecule has 0 bridgehead atoms. The minimum absolute atomic E-state index is 0.301. The third-order valence-corrected chi connectivity index (χ3v) is 7.26. The highest BCUT2D eigenvalue weighted by molar-refractivity contribution is 7.80. The van der Waals surface area contributed by atoms with Crippen LogP contribution in [0.2, 0.25) is 0 Å². The molecule has 1 saturated carbocycles. The van der Waals surface area contributed by atoms with Crippen LogP contribution >= 0.6 is 12.6 Å². The van der Waals surface area contributed by atoms with Crippen molar-refractivity contribution in [2.45, 2.75) is 52.0 Å². The zero-order valence-electron chi connectivity index (χ0n) is 18.9. The maximum Gasteiger partial charge on any atom is 0.225 e. The average Bonchev–Trinajstić information content (AvgIpc) is 2.82. The van der Waals surface area contributed by atoms with Crippen LogP contribution in [-0.2, 0) is 0 Å². The molecule has 1 aliphatic carbocycles. The van der Waals surface area contributed by atoms with Crippen molar-refractivity contribution in [2.24, 2.45) is 11.8 Å². The van der Waals surface area contributed by atoms with Crippen LogP contribution in [0.25, 0.3) is 22.0 Å². The summed E-state index contributed by atoms with van der Waals surface area (Å²) in [7, 11) is 1.92. The van der Waals surface area contributed by atoms with Crippen LogP contribution in [0, 0.1) is 18.8 Å². The van der Waals surface area contributed by atoms with Crippen molar-refractivity contribution in [1.82, 2.24) is 9.97 Å². The Labute approximate surface area is 191 Å². The Balaban J connectivity index is 1.59. The Hall–Kier alpha value is -2.27. The molecule has 1 atom stereocenters. The van der Waals surface area contributed by atoms with E-state index in [0.717, 1.165) is 28.4 Å². The Morgan fingerprint density at radius 1 is 1.00 bits per heavy atom. The monoisotopic (exact) mass is 434 g/mol. The molecule has 0 saturated heterocycles.